The van der Waals surface area contributed by atoms with Crippen LogP contribution in [-0.4, -0.2) is 23.0 Å². The number of hydrogen-bond donors (Lipinski definition) is 0. The van der Waals surface area contributed by atoms with Crippen molar-refractivity contribution in [2.75, 3.05) is 4.90 Å². The fraction of sp³-hybridized carbons (Fsp3) is 0.333. The first-order valence-electron chi connectivity index (χ1n) is 5.81. The third-order valence-corrected chi connectivity index (χ3v) is 2.88. The van der Waals surface area contributed by atoms with Crippen molar-refractivity contribution < 1.29 is 19.2 Å². The van der Waals surface area contributed by atoms with Gasteiger partial charge in [-0.25, -0.2) is 9.69 Å². The Labute approximate surface area is 108 Å². The molecule has 1 aromatic carbocycles. The first-order chi connectivity index (χ1) is 9.02. The van der Waals surface area contributed by atoms with Crippen LogP contribution in [0.15, 0.2) is 24.3 Å². The Morgan fingerprint density at radius 1 is 1.37 bits per heavy atom. The van der Waals surface area contributed by atoms with Crippen molar-refractivity contribution >= 4 is 23.4 Å². The molecule has 0 aromatic heterocycles. The van der Waals surface area contributed by atoms with E-state index in [9.17, 15) is 19.7 Å². The summed E-state index contributed by atoms with van der Waals surface area (Å²) in [4.78, 5) is 34.5. The van der Waals surface area contributed by atoms with Gasteiger partial charge in [-0.05, 0) is 18.6 Å². The molecule has 1 aliphatic rings. The zero-order valence-electron chi connectivity index (χ0n) is 10.2. The van der Waals surface area contributed by atoms with Crippen LogP contribution in [0.4, 0.5) is 16.2 Å². The highest BCUT2D eigenvalue weighted by molar-refractivity contribution is 6.13. The van der Waals surface area contributed by atoms with Crippen LogP contribution in [0.2, 0.25) is 0 Å². The number of rotatable bonds is 3. The van der Waals surface area contributed by atoms with Gasteiger partial charge in [-0.3, -0.25) is 14.9 Å². The van der Waals surface area contributed by atoms with Crippen LogP contribution in [-0.2, 0) is 9.53 Å². The zero-order chi connectivity index (χ0) is 14.0. The molecule has 0 bridgehead atoms. The topological polar surface area (TPSA) is 89.8 Å². The predicted molar refractivity (Wildman–Crippen MR) is 65.8 cm³/mol. The van der Waals surface area contributed by atoms with E-state index in [1.165, 1.54) is 24.3 Å². The smallest absolute Gasteiger partial charge is 0.421 e. The van der Waals surface area contributed by atoms with Crippen molar-refractivity contribution in [1.29, 1.82) is 0 Å². The number of nitro groups is 1. The molecule has 0 aliphatic carbocycles. The van der Waals surface area contributed by atoms with Crippen molar-refractivity contribution in [2.45, 2.75) is 25.9 Å². The Kier molecular flexibility index (Phi) is 3.46. The molecule has 1 aliphatic heterocycles. The van der Waals surface area contributed by atoms with E-state index in [2.05, 4.69) is 0 Å². The summed E-state index contributed by atoms with van der Waals surface area (Å²) in [5.74, 6) is -0.364. The van der Waals surface area contributed by atoms with Crippen LogP contribution < -0.4 is 4.90 Å². The van der Waals surface area contributed by atoms with Crippen LogP contribution in [0.25, 0.3) is 0 Å². The summed E-state index contributed by atoms with van der Waals surface area (Å²) in [6.45, 7) is 1.83. The molecule has 0 radical (unpaired) electrons. The molecular weight excluding hydrogens is 252 g/mol. The Morgan fingerprint density at radius 3 is 2.47 bits per heavy atom. The van der Waals surface area contributed by atoms with Gasteiger partial charge in [-0.15, -0.1) is 0 Å². The van der Waals surface area contributed by atoms with Gasteiger partial charge in [0, 0.05) is 12.1 Å². The van der Waals surface area contributed by atoms with Crippen LogP contribution in [0.5, 0.6) is 0 Å². The lowest BCUT2D eigenvalue weighted by molar-refractivity contribution is -0.384. The van der Waals surface area contributed by atoms with Crippen LogP contribution in [0.1, 0.15) is 19.8 Å². The summed E-state index contributed by atoms with van der Waals surface area (Å²) in [6.07, 6.45) is -0.434. The normalized spacial score (nSPS) is 19.2. The molecule has 1 saturated heterocycles. The minimum Gasteiger partial charge on any atom is -0.445 e. The number of carbonyl (C=O) groups excluding carboxylic acids is 2. The highest BCUT2D eigenvalue weighted by atomic mass is 16.6. The molecule has 1 atom stereocenters. The van der Waals surface area contributed by atoms with E-state index >= 15 is 0 Å². The number of anilines is 1. The number of benzene rings is 1. The van der Waals surface area contributed by atoms with Gasteiger partial charge in [-0.1, -0.05) is 6.92 Å². The molecule has 7 heteroatoms. The van der Waals surface area contributed by atoms with E-state index in [0.717, 1.165) is 4.90 Å². The minimum absolute atomic E-state index is 0.104. The average Bonchev–Trinajstić information content (AvgIpc) is 2.38. The summed E-state index contributed by atoms with van der Waals surface area (Å²) < 4.78 is 5.08. The van der Waals surface area contributed by atoms with E-state index in [1.54, 1.807) is 0 Å². The monoisotopic (exact) mass is 264 g/mol. The van der Waals surface area contributed by atoms with Crippen LogP contribution in [0, 0.1) is 10.1 Å². The lowest BCUT2D eigenvalue weighted by Gasteiger charge is -2.29. The predicted octanol–water partition coefficient (Wildman–Crippen LogP) is 2.25. The van der Waals surface area contributed by atoms with Gasteiger partial charge >= 0.3 is 6.09 Å². The number of imide groups is 1. The fourth-order valence-corrected chi connectivity index (χ4v) is 1.83. The molecule has 1 aromatic rings. The van der Waals surface area contributed by atoms with E-state index in [-0.39, 0.29) is 23.7 Å². The van der Waals surface area contributed by atoms with Gasteiger partial charge in [0.25, 0.3) is 5.69 Å². The molecule has 0 saturated carbocycles. The summed E-state index contributed by atoms with van der Waals surface area (Å²) in [7, 11) is 0. The van der Waals surface area contributed by atoms with Gasteiger partial charge in [0.2, 0.25) is 5.91 Å². The highest BCUT2D eigenvalue weighted by Gasteiger charge is 2.34. The SMILES string of the molecule is CCC1CC(=O)N(c2ccc([N+](=O)[O-])cc2)C(=O)O1. The van der Waals surface area contributed by atoms with Crippen molar-refractivity contribution in [3.63, 3.8) is 0 Å². The molecule has 7 nitrogen and oxygen atoms in total. The standard InChI is InChI=1S/C12H12N2O5/c1-2-10-7-11(15)13(12(16)19-10)8-3-5-9(6-4-8)14(17)18/h3-6,10H,2,7H2,1H3. The number of nitro benzene ring substituents is 1. The average molecular weight is 264 g/mol. The zero-order valence-corrected chi connectivity index (χ0v) is 10.2. The molecular formula is C12H12N2O5. The highest BCUT2D eigenvalue weighted by Crippen LogP contribution is 2.25. The first kappa shape index (κ1) is 13.0. The fourth-order valence-electron chi connectivity index (χ4n) is 1.83. The van der Waals surface area contributed by atoms with Crippen molar-refractivity contribution in [2.24, 2.45) is 0 Å². The van der Waals surface area contributed by atoms with E-state index < -0.39 is 17.1 Å². The second-order valence-electron chi connectivity index (χ2n) is 4.12. The number of cyclic esters (lactones) is 1. The van der Waals surface area contributed by atoms with Crippen LogP contribution in [0.3, 0.4) is 0 Å². The van der Waals surface area contributed by atoms with Gasteiger partial charge in [0.05, 0.1) is 17.0 Å². The Hall–Kier alpha value is -2.44. The van der Waals surface area contributed by atoms with Gasteiger partial charge in [-0.2, -0.15) is 0 Å². The van der Waals surface area contributed by atoms with Crippen molar-refractivity contribution in [1.82, 2.24) is 0 Å². The number of carbonyl (C=O) groups is 2. The second-order valence-corrected chi connectivity index (χ2v) is 4.12. The largest absolute Gasteiger partial charge is 0.445 e. The summed E-state index contributed by atoms with van der Waals surface area (Å²) in [6, 6.07) is 5.18. The molecule has 100 valence electrons. The lowest BCUT2D eigenvalue weighted by Crippen LogP contribution is -2.46. The quantitative estimate of drug-likeness (QED) is 0.617. The van der Waals surface area contributed by atoms with E-state index in [1.807, 2.05) is 6.92 Å². The summed E-state index contributed by atoms with van der Waals surface area (Å²) in [5.41, 5.74) is 0.170. The maximum Gasteiger partial charge on any atom is 0.421 e. The molecule has 2 amide bonds. The third-order valence-electron chi connectivity index (χ3n) is 2.88. The lowest BCUT2D eigenvalue weighted by atomic mass is 10.1. The first-order valence-corrected chi connectivity index (χ1v) is 5.81. The van der Waals surface area contributed by atoms with Crippen molar-refractivity contribution in [3.8, 4) is 0 Å². The second kappa shape index (κ2) is 5.05. The van der Waals surface area contributed by atoms with E-state index in [0.29, 0.717) is 6.42 Å². The van der Waals surface area contributed by atoms with Gasteiger partial charge in [0.15, 0.2) is 0 Å². The number of non-ortho nitro benzene ring substituents is 1. The molecule has 1 heterocycles. The summed E-state index contributed by atoms with van der Waals surface area (Å²) >= 11 is 0. The molecule has 2 rings (SSSR count). The van der Waals surface area contributed by atoms with Gasteiger partial charge < -0.3 is 4.74 Å². The Bertz CT molecular complexity index is 507. The number of nitrogens with zero attached hydrogens (tertiary/aromatic N) is 2. The molecule has 1 unspecified atom stereocenters. The third kappa shape index (κ3) is 2.54. The van der Waals surface area contributed by atoms with Crippen molar-refractivity contribution in [3.05, 3.63) is 34.4 Å². The van der Waals surface area contributed by atoms with Crippen LogP contribution >= 0.6 is 0 Å². The maximum atomic E-state index is 11.9. The Morgan fingerprint density at radius 2 is 2.00 bits per heavy atom. The molecule has 0 spiro atoms. The number of amides is 2. The Balaban J connectivity index is 2.23. The molecule has 19 heavy (non-hydrogen) atoms. The minimum atomic E-state index is -0.739. The maximum absolute atomic E-state index is 11.9. The number of hydrogen-bond acceptors (Lipinski definition) is 5. The van der Waals surface area contributed by atoms with Gasteiger partial charge in [0.1, 0.15) is 6.10 Å². The van der Waals surface area contributed by atoms with E-state index in [4.69, 9.17) is 4.74 Å². The molecule has 0 N–H and O–H groups in total. The molecule has 1 fully saturated rings. The summed E-state index contributed by atoms with van der Waals surface area (Å²) in [5, 5.41) is 10.5. The number of ether oxygens (including phenoxy) is 1.